The van der Waals surface area contributed by atoms with Crippen molar-refractivity contribution < 1.29 is 0 Å². The summed E-state index contributed by atoms with van der Waals surface area (Å²) in [4.78, 5) is 27.6. The molecule has 9 nitrogen and oxygen atoms in total. The van der Waals surface area contributed by atoms with Crippen LogP contribution in [0.25, 0.3) is 16.6 Å². The fourth-order valence-corrected chi connectivity index (χ4v) is 5.82. The van der Waals surface area contributed by atoms with E-state index in [-0.39, 0.29) is 11.5 Å². The Hall–Kier alpha value is -3.24. The number of para-hydroxylation sites is 1. The van der Waals surface area contributed by atoms with Gasteiger partial charge < -0.3 is 20.4 Å². The number of anilines is 3. The average molecular weight is 566 g/mol. The quantitative estimate of drug-likeness (QED) is 0.367. The van der Waals surface area contributed by atoms with Crippen molar-refractivity contribution in [2.24, 2.45) is 0 Å². The Bertz CT molecular complexity index is 1520. The third-order valence-electron chi connectivity index (χ3n) is 7.49. The fourth-order valence-electron chi connectivity index (χ4n) is 5.26. The largest absolute Gasteiger partial charge is 0.369 e. The number of nitrogens with zero attached hydrogens (tertiary/aromatic N) is 6. The van der Waals surface area contributed by atoms with E-state index >= 15 is 0 Å². The lowest BCUT2D eigenvalue weighted by molar-refractivity contribution is 0.313. The molecule has 2 aromatic heterocycles. The van der Waals surface area contributed by atoms with E-state index in [1.54, 1.807) is 24.4 Å². The molecule has 0 spiro atoms. The number of benzene rings is 2. The van der Waals surface area contributed by atoms with Crippen molar-refractivity contribution in [2.75, 3.05) is 56.5 Å². The Kier molecular flexibility index (Phi) is 7.40. The minimum absolute atomic E-state index is 0.0833. The van der Waals surface area contributed by atoms with E-state index in [1.807, 2.05) is 12.1 Å². The number of piperazine rings is 1. The Labute approximate surface area is 236 Å². The van der Waals surface area contributed by atoms with Crippen molar-refractivity contribution in [3.05, 3.63) is 74.8 Å². The van der Waals surface area contributed by atoms with E-state index in [0.29, 0.717) is 32.6 Å². The molecule has 39 heavy (non-hydrogen) atoms. The fraction of sp³-hybridized carbons (Fsp3) is 0.357. The van der Waals surface area contributed by atoms with Crippen LogP contribution in [0.3, 0.4) is 0 Å². The predicted molar refractivity (Wildman–Crippen MR) is 157 cm³/mol. The maximum absolute atomic E-state index is 13.6. The summed E-state index contributed by atoms with van der Waals surface area (Å²) >= 11 is 12.9. The minimum Gasteiger partial charge on any atom is -0.369 e. The molecule has 2 aromatic carbocycles. The summed E-state index contributed by atoms with van der Waals surface area (Å²) in [7, 11) is 2.15. The van der Waals surface area contributed by atoms with Crippen LogP contribution in [0.15, 0.2) is 53.5 Å². The van der Waals surface area contributed by atoms with Gasteiger partial charge in [-0.25, -0.2) is 9.97 Å². The molecule has 6 rings (SSSR count). The number of piperidine rings is 1. The van der Waals surface area contributed by atoms with E-state index < -0.39 is 0 Å². The molecule has 4 heterocycles. The van der Waals surface area contributed by atoms with Gasteiger partial charge in [0.25, 0.3) is 5.56 Å². The SMILES string of the molecule is CN1CCN(c2ccc(Nc3ncc4c(=O)n(-c5c(Cl)cccc5Cl)nc(C5CCCNC5)c4n3)cc2)CC1. The first-order valence-electron chi connectivity index (χ1n) is 13.2. The molecule has 4 aromatic rings. The maximum Gasteiger partial charge on any atom is 0.282 e. The van der Waals surface area contributed by atoms with Crippen LogP contribution in [-0.2, 0) is 0 Å². The second-order valence-corrected chi connectivity index (χ2v) is 10.9. The van der Waals surface area contributed by atoms with Gasteiger partial charge in [-0.3, -0.25) is 4.79 Å². The molecule has 0 radical (unpaired) electrons. The zero-order valence-corrected chi connectivity index (χ0v) is 23.2. The van der Waals surface area contributed by atoms with Crippen LogP contribution < -0.4 is 21.1 Å². The van der Waals surface area contributed by atoms with E-state index in [1.165, 1.54) is 10.4 Å². The molecular weight excluding hydrogens is 535 g/mol. The summed E-state index contributed by atoms with van der Waals surface area (Å²) in [6, 6.07) is 13.4. The van der Waals surface area contributed by atoms with Crippen molar-refractivity contribution in [2.45, 2.75) is 18.8 Å². The molecule has 2 N–H and O–H groups in total. The molecule has 2 fully saturated rings. The van der Waals surface area contributed by atoms with Crippen molar-refractivity contribution >= 4 is 51.4 Å². The molecule has 0 aliphatic carbocycles. The molecule has 0 amide bonds. The summed E-state index contributed by atoms with van der Waals surface area (Å²) in [5, 5.41) is 12.6. The third kappa shape index (κ3) is 5.32. The lowest BCUT2D eigenvalue weighted by atomic mass is 9.95. The van der Waals surface area contributed by atoms with E-state index in [4.69, 9.17) is 33.3 Å². The number of hydrogen-bond donors (Lipinski definition) is 2. The first kappa shape index (κ1) is 26.0. The number of likely N-dealkylation sites (N-methyl/N-ethyl adjacent to an activating group) is 1. The van der Waals surface area contributed by atoms with Crippen LogP contribution in [0, 0.1) is 0 Å². The third-order valence-corrected chi connectivity index (χ3v) is 8.10. The van der Waals surface area contributed by atoms with Gasteiger partial charge in [-0.1, -0.05) is 29.3 Å². The number of nitrogens with one attached hydrogen (secondary N) is 2. The molecule has 11 heteroatoms. The highest BCUT2D eigenvalue weighted by molar-refractivity contribution is 6.37. The summed E-state index contributed by atoms with van der Waals surface area (Å²) in [5.41, 5.74) is 3.33. The summed E-state index contributed by atoms with van der Waals surface area (Å²) in [5.74, 6) is 0.495. The van der Waals surface area contributed by atoms with Gasteiger partial charge >= 0.3 is 0 Å². The lowest BCUT2D eigenvalue weighted by Gasteiger charge is -2.34. The Morgan fingerprint density at radius 3 is 2.46 bits per heavy atom. The first-order valence-corrected chi connectivity index (χ1v) is 14.0. The molecule has 1 unspecified atom stereocenters. The summed E-state index contributed by atoms with van der Waals surface area (Å²) in [6.45, 7) is 5.84. The Balaban J connectivity index is 1.36. The van der Waals surface area contributed by atoms with Gasteiger partial charge in [-0.05, 0) is 62.8 Å². The number of fused-ring (bicyclic) bond motifs is 1. The minimum atomic E-state index is -0.365. The zero-order valence-electron chi connectivity index (χ0n) is 21.7. The smallest absolute Gasteiger partial charge is 0.282 e. The van der Waals surface area contributed by atoms with Crippen molar-refractivity contribution in [1.82, 2.24) is 30.0 Å². The topological polar surface area (TPSA) is 91.2 Å². The number of aromatic nitrogens is 4. The van der Waals surface area contributed by atoms with Crippen LogP contribution >= 0.6 is 23.2 Å². The van der Waals surface area contributed by atoms with Gasteiger partial charge in [0.15, 0.2) is 0 Å². The number of rotatable bonds is 5. The standard InChI is InChI=1S/C28H30Cl2N8O/c1-36-12-14-37(15-13-36)20-9-7-19(8-10-20)33-28-32-17-21-25(34-28)24(18-4-3-11-31-16-18)35-38(27(21)39)26-22(29)5-2-6-23(26)30/h2,5-10,17-18,31H,3-4,11-16H2,1H3,(H,32,33,34). The van der Waals surface area contributed by atoms with Crippen molar-refractivity contribution in [1.29, 1.82) is 0 Å². The van der Waals surface area contributed by atoms with Crippen LogP contribution in [-0.4, -0.2) is 71.0 Å². The van der Waals surface area contributed by atoms with E-state index in [0.717, 1.165) is 63.5 Å². The highest BCUT2D eigenvalue weighted by Crippen LogP contribution is 2.31. The molecule has 2 aliphatic heterocycles. The first-order chi connectivity index (χ1) is 19.0. The highest BCUT2D eigenvalue weighted by Gasteiger charge is 2.25. The monoisotopic (exact) mass is 564 g/mol. The second-order valence-electron chi connectivity index (χ2n) is 10.1. The summed E-state index contributed by atoms with van der Waals surface area (Å²) < 4.78 is 1.30. The van der Waals surface area contributed by atoms with Crippen molar-refractivity contribution in [3.63, 3.8) is 0 Å². The van der Waals surface area contributed by atoms with E-state index in [9.17, 15) is 4.79 Å². The average Bonchev–Trinajstić information content (AvgIpc) is 2.95. The van der Waals surface area contributed by atoms with Crippen LogP contribution in [0.2, 0.25) is 10.0 Å². The predicted octanol–water partition coefficient (Wildman–Crippen LogP) is 4.44. The maximum atomic E-state index is 13.6. The van der Waals surface area contributed by atoms with Gasteiger partial charge in [-0.2, -0.15) is 9.78 Å². The van der Waals surface area contributed by atoms with Gasteiger partial charge in [-0.15, -0.1) is 0 Å². The molecule has 2 saturated heterocycles. The Morgan fingerprint density at radius 2 is 1.77 bits per heavy atom. The molecule has 0 bridgehead atoms. The highest BCUT2D eigenvalue weighted by atomic mass is 35.5. The normalized spacial score (nSPS) is 18.4. The van der Waals surface area contributed by atoms with Gasteiger partial charge in [0.2, 0.25) is 5.95 Å². The van der Waals surface area contributed by atoms with Crippen LogP contribution in [0.5, 0.6) is 0 Å². The second kappa shape index (κ2) is 11.1. The van der Waals surface area contributed by atoms with Gasteiger partial charge in [0.1, 0.15) is 11.2 Å². The van der Waals surface area contributed by atoms with E-state index in [2.05, 4.69) is 44.6 Å². The van der Waals surface area contributed by atoms with Gasteiger partial charge in [0, 0.05) is 56.2 Å². The van der Waals surface area contributed by atoms with Gasteiger partial charge in [0.05, 0.1) is 21.1 Å². The van der Waals surface area contributed by atoms with Crippen LogP contribution in [0.1, 0.15) is 24.5 Å². The van der Waals surface area contributed by atoms with Crippen LogP contribution in [0.4, 0.5) is 17.3 Å². The zero-order chi connectivity index (χ0) is 26.9. The molecule has 202 valence electrons. The number of halogens is 2. The molecule has 1 atom stereocenters. The Morgan fingerprint density at radius 1 is 1.03 bits per heavy atom. The molecule has 2 aliphatic rings. The molecular formula is C28H30Cl2N8O. The van der Waals surface area contributed by atoms with Crippen molar-refractivity contribution in [3.8, 4) is 5.69 Å². The number of hydrogen-bond acceptors (Lipinski definition) is 8. The molecule has 0 saturated carbocycles. The lowest BCUT2D eigenvalue weighted by Crippen LogP contribution is -2.44. The summed E-state index contributed by atoms with van der Waals surface area (Å²) in [6.07, 6.45) is 3.51.